The predicted molar refractivity (Wildman–Crippen MR) is 89.3 cm³/mol. The van der Waals surface area contributed by atoms with Gasteiger partial charge in [0.15, 0.2) is 0 Å². The zero-order valence-corrected chi connectivity index (χ0v) is 13.6. The van der Waals surface area contributed by atoms with Crippen molar-refractivity contribution >= 4 is 0 Å². The van der Waals surface area contributed by atoms with Crippen LogP contribution in [0.2, 0.25) is 0 Å². The fraction of sp³-hybridized carbons (Fsp3) is 0.684. The van der Waals surface area contributed by atoms with Crippen LogP contribution in [0.25, 0.3) is 0 Å². The van der Waals surface area contributed by atoms with Crippen LogP contribution in [0, 0.1) is 12.8 Å². The van der Waals surface area contributed by atoms with Crippen molar-refractivity contribution < 1.29 is 0 Å². The summed E-state index contributed by atoms with van der Waals surface area (Å²) in [4.78, 5) is 2.78. The maximum absolute atomic E-state index is 6.59. The number of aryl methyl sites for hydroxylation is 1. The normalized spacial score (nSPS) is 29.1. The summed E-state index contributed by atoms with van der Waals surface area (Å²) in [5, 5.41) is 0. The third-order valence-corrected chi connectivity index (χ3v) is 5.78. The Bertz CT molecular complexity index is 470. The first-order valence-corrected chi connectivity index (χ1v) is 8.79. The van der Waals surface area contributed by atoms with E-state index in [1.54, 1.807) is 0 Å². The Morgan fingerprint density at radius 1 is 1.19 bits per heavy atom. The largest absolute Gasteiger partial charge is 0.326 e. The molecule has 2 fully saturated rings. The highest BCUT2D eigenvalue weighted by Gasteiger charge is 2.40. The minimum Gasteiger partial charge on any atom is -0.326 e. The van der Waals surface area contributed by atoms with Crippen LogP contribution in [0.3, 0.4) is 0 Å². The molecule has 116 valence electrons. The van der Waals surface area contributed by atoms with Crippen LogP contribution >= 0.6 is 0 Å². The Hall–Kier alpha value is -0.860. The Morgan fingerprint density at radius 2 is 1.95 bits per heavy atom. The van der Waals surface area contributed by atoms with E-state index in [2.05, 4.69) is 43.0 Å². The molecule has 21 heavy (non-hydrogen) atoms. The molecule has 3 rings (SSSR count). The van der Waals surface area contributed by atoms with E-state index in [4.69, 9.17) is 5.73 Å². The van der Waals surface area contributed by atoms with Gasteiger partial charge >= 0.3 is 0 Å². The first kappa shape index (κ1) is 15.1. The average molecular weight is 286 g/mol. The van der Waals surface area contributed by atoms with Gasteiger partial charge in [0.05, 0.1) is 6.04 Å². The van der Waals surface area contributed by atoms with Gasteiger partial charge < -0.3 is 5.73 Å². The van der Waals surface area contributed by atoms with Gasteiger partial charge in [0.25, 0.3) is 0 Å². The van der Waals surface area contributed by atoms with E-state index in [0.29, 0.717) is 6.04 Å². The van der Waals surface area contributed by atoms with Gasteiger partial charge in [0.2, 0.25) is 0 Å². The molecule has 0 spiro atoms. The van der Waals surface area contributed by atoms with Crippen molar-refractivity contribution in [1.29, 1.82) is 0 Å². The molecule has 1 heterocycles. The van der Waals surface area contributed by atoms with Crippen LogP contribution in [0.1, 0.15) is 62.6 Å². The molecule has 1 saturated heterocycles. The Labute approximate surface area is 129 Å². The number of hydrogen-bond acceptors (Lipinski definition) is 2. The zero-order valence-electron chi connectivity index (χ0n) is 13.6. The lowest BCUT2D eigenvalue weighted by Gasteiger charge is -2.45. The minimum absolute atomic E-state index is 0.241. The number of piperidine rings is 1. The van der Waals surface area contributed by atoms with Crippen LogP contribution in [0.4, 0.5) is 0 Å². The molecule has 2 aliphatic rings. The summed E-state index contributed by atoms with van der Waals surface area (Å²) in [6.45, 7) is 5.70. The van der Waals surface area contributed by atoms with Gasteiger partial charge in [-0.25, -0.2) is 0 Å². The van der Waals surface area contributed by atoms with Crippen LogP contribution < -0.4 is 5.73 Å². The summed E-state index contributed by atoms with van der Waals surface area (Å²) >= 11 is 0. The van der Waals surface area contributed by atoms with Crippen molar-refractivity contribution in [2.24, 2.45) is 11.7 Å². The first-order valence-electron chi connectivity index (χ1n) is 8.79. The van der Waals surface area contributed by atoms with E-state index in [1.807, 2.05) is 0 Å². The van der Waals surface area contributed by atoms with Gasteiger partial charge in [-0.2, -0.15) is 0 Å². The molecule has 4 unspecified atom stereocenters. The predicted octanol–water partition coefficient (Wildman–Crippen LogP) is 4.04. The maximum atomic E-state index is 6.59. The maximum Gasteiger partial charge on any atom is 0.0504 e. The molecule has 0 bridgehead atoms. The van der Waals surface area contributed by atoms with E-state index < -0.39 is 0 Å². The van der Waals surface area contributed by atoms with Crippen molar-refractivity contribution in [2.45, 2.75) is 70.5 Å². The highest BCUT2D eigenvalue weighted by atomic mass is 15.2. The molecule has 0 radical (unpaired) electrons. The number of nitrogens with two attached hydrogens (primary N) is 1. The Kier molecular flexibility index (Phi) is 4.66. The van der Waals surface area contributed by atoms with Crippen molar-refractivity contribution in [3.8, 4) is 0 Å². The van der Waals surface area contributed by atoms with Gasteiger partial charge in [-0.15, -0.1) is 0 Å². The molecule has 0 aromatic heterocycles. The van der Waals surface area contributed by atoms with Crippen LogP contribution in [-0.2, 0) is 0 Å². The van der Waals surface area contributed by atoms with E-state index in [0.717, 1.165) is 18.4 Å². The van der Waals surface area contributed by atoms with Gasteiger partial charge in [0, 0.05) is 12.1 Å². The van der Waals surface area contributed by atoms with Gasteiger partial charge in [0.1, 0.15) is 0 Å². The van der Waals surface area contributed by atoms with Crippen molar-refractivity contribution in [2.75, 3.05) is 6.54 Å². The van der Waals surface area contributed by atoms with Crippen LogP contribution in [0.5, 0.6) is 0 Å². The van der Waals surface area contributed by atoms with Crippen LogP contribution in [-0.4, -0.2) is 23.5 Å². The molecule has 2 nitrogen and oxygen atoms in total. The number of nitrogens with zero attached hydrogens (tertiary/aromatic N) is 1. The number of hydrogen-bond donors (Lipinski definition) is 1. The number of fused-ring (bicyclic) bond motifs is 1. The Balaban J connectivity index is 1.94. The molecule has 1 aromatic rings. The fourth-order valence-electron chi connectivity index (χ4n) is 4.63. The number of likely N-dealkylation sites (tertiary alicyclic amines) is 1. The van der Waals surface area contributed by atoms with Crippen molar-refractivity contribution in [3.63, 3.8) is 0 Å². The summed E-state index contributed by atoms with van der Waals surface area (Å²) in [6.07, 6.45) is 8.05. The quantitative estimate of drug-likeness (QED) is 0.905. The molecule has 1 aliphatic heterocycles. The van der Waals surface area contributed by atoms with Crippen molar-refractivity contribution in [1.82, 2.24) is 4.90 Å². The molecule has 2 heteroatoms. The second-order valence-electron chi connectivity index (χ2n) is 7.01. The minimum atomic E-state index is 0.241. The Morgan fingerprint density at radius 3 is 2.71 bits per heavy atom. The second-order valence-corrected chi connectivity index (χ2v) is 7.01. The summed E-state index contributed by atoms with van der Waals surface area (Å²) in [7, 11) is 0. The lowest BCUT2D eigenvalue weighted by molar-refractivity contribution is 0.0535. The molecule has 1 aliphatic carbocycles. The lowest BCUT2D eigenvalue weighted by Crippen LogP contribution is -2.50. The first-order chi connectivity index (χ1) is 10.2. The van der Waals surface area contributed by atoms with Gasteiger partial charge in [-0.3, -0.25) is 4.90 Å². The molecule has 1 aromatic carbocycles. The zero-order chi connectivity index (χ0) is 14.8. The molecule has 4 atom stereocenters. The fourth-order valence-corrected chi connectivity index (χ4v) is 4.63. The van der Waals surface area contributed by atoms with Crippen LogP contribution in [0.15, 0.2) is 24.3 Å². The smallest absolute Gasteiger partial charge is 0.0504 e. The third-order valence-electron chi connectivity index (χ3n) is 5.78. The summed E-state index contributed by atoms with van der Waals surface area (Å²) < 4.78 is 0. The molecule has 1 saturated carbocycles. The highest BCUT2D eigenvalue weighted by Crippen LogP contribution is 2.42. The number of benzene rings is 1. The molecular formula is C19H30N2. The molecular weight excluding hydrogens is 256 g/mol. The number of rotatable bonds is 4. The third kappa shape index (κ3) is 2.89. The van der Waals surface area contributed by atoms with Crippen molar-refractivity contribution in [3.05, 3.63) is 35.4 Å². The van der Waals surface area contributed by atoms with Gasteiger partial charge in [-0.1, -0.05) is 37.6 Å². The molecule has 0 amide bonds. The van der Waals surface area contributed by atoms with E-state index in [-0.39, 0.29) is 6.04 Å². The van der Waals surface area contributed by atoms with E-state index in [9.17, 15) is 0 Å². The second kappa shape index (κ2) is 6.50. The van der Waals surface area contributed by atoms with E-state index in [1.165, 1.54) is 49.8 Å². The lowest BCUT2D eigenvalue weighted by atomic mass is 9.85. The monoisotopic (exact) mass is 286 g/mol. The van der Waals surface area contributed by atoms with Gasteiger partial charge in [-0.05, 0) is 62.6 Å². The standard InChI is InChI=1S/C19H30N2/c1-3-17(20)19(16-11-5-4-8-14(16)2)21-13-7-10-15-9-6-12-18(15)21/h4-5,8,11,15,17-19H,3,6-7,9-10,12-13,20H2,1-2H3. The highest BCUT2D eigenvalue weighted by molar-refractivity contribution is 5.30. The SMILES string of the molecule is CCC(N)C(c1ccccc1C)N1CCCC2CCCC21. The average Bonchev–Trinajstić information content (AvgIpc) is 2.98. The topological polar surface area (TPSA) is 29.3 Å². The summed E-state index contributed by atoms with van der Waals surface area (Å²) in [6, 6.07) is 10.3. The summed E-state index contributed by atoms with van der Waals surface area (Å²) in [5.74, 6) is 0.925. The van der Waals surface area contributed by atoms with E-state index >= 15 is 0 Å². The summed E-state index contributed by atoms with van der Waals surface area (Å²) in [5.41, 5.74) is 9.44. The molecule has 2 N–H and O–H groups in total.